The number of carbonyl (C=O) groups is 1. The molecule has 0 spiro atoms. The molecule has 9 nitrogen and oxygen atoms in total. The van der Waals surface area contributed by atoms with E-state index < -0.39 is 11.0 Å². The minimum absolute atomic E-state index is 0.0775. The SMILES string of the molecule is CCCOc1c(OCC)cc(/C=N\NC(N)=O)cc1[N+](=O)[O-]. The molecule has 0 fully saturated rings. The summed E-state index contributed by atoms with van der Waals surface area (Å²) in [7, 11) is 0. The first kappa shape index (κ1) is 17.2. The molecule has 0 aromatic heterocycles. The van der Waals surface area contributed by atoms with Gasteiger partial charge >= 0.3 is 11.7 Å². The van der Waals surface area contributed by atoms with E-state index in [9.17, 15) is 14.9 Å². The van der Waals surface area contributed by atoms with Gasteiger partial charge in [-0.15, -0.1) is 0 Å². The summed E-state index contributed by atoms with van der Waals surface area (Å²) >= 11 is 0. The summed E-state index contributed by atoms with van der Waals surface area (Å²) in [6.45, 7) is 4.30. The minimum atomic E-state index is -0.835. The van der Waals surface area contributed by atoms with Gasteiger partial charge in [-0.1, -0.05) is 6.92 Å². The van der Waals surface area contributed by atoms with Crippen LogP contribution in [0.5, 0.6) is 11.5 Å². The van der Waals surface area contributed by atoms with Crippen molar-refractivity contribution >= 4 is 17.9 Å². The van der Waals surface area contributed by atoms with Crippen LogP contribution in [0.25, 0.3) is 0 Å². The van der Waals surface area contributed by atoms with Gasteiger partial charge in [-0.3, -0.25) is 10.1 Å². The summed E-state index contributed by atoms with van der Waals surface area (Å²) < 4.78 is 10.8. The van der Waals surface area contributed by atoms with Gasteiger partial charge in [0.1, 0.15) is 0 Å². The predicted molar refractivity (Wildman–Crippen MR) is 80.4 cm³/mol. The maximum Gasteiger partial charge on any atom is 0.332 e. The third-order valence-corrected chi connectivity index (χ3v) is 2.39. The van der Waals surface area contributed by atoms with Crippen molar-refractivity contribution in [2.75, 3.05) is 13.2 Å². The quantitative estimate of drug-likeness (QED) is 0.429. The lowest BCUT2D eigenvalue weighted by Gasteiger charge is -2.12. The molecule has 1 rings (SSSR count). The van der Waals surface area contributed by atoms with Gasteiger partial charge in [-0.25, -0.2) is 10.2 Å². The Labute approximate surface area is 127 Å². The van der Waals surface area contributed by atoms with Crippen LogP contribution in [0.3, 0.4) is 0 Å². The normalized spacial score (nSPS) is 10.5. The van der Waals surface area contributed by atoms with Crippen molar-refractivity contribution in [3.63, 3.8) is 0 Å². The highest BCUT2D eigenvalue weighted by Crippen LogP contribution is 2.38. The van der Waals surface area contributed by atoms with Gasteiger partial charge in [0.05, 0.1) is 24.4 Å². The number of rotatable bonds is 8. The first-order chi connectivity index (χ1) is 10.5. The van der Waals surface area contributed by atoms with E-state index in [-0.39, 0.29) is 17.2 Å². The second kappa shape index (κ2) is 8.45. The van der Waals surface area contributed by atoms with Crippen LogP contribution >= 0.6 is 0 Å². The number of urea groups is 1. The third kappa shape index (κ3) is 4.93. The molecule has 0 atom stereocenters. The van der Waals surface area contributed by atoms with Crippen LogP contribution in [0.2, 0.25) is 0 Å². The maximum atomic E-state index is 11.2. The summed E-state index contributed by atoms with van der Waals surface area (Å²) in [6.07, 6.45) is 1.93. The van der Waals surface area contributed by atoms with Crippen LogP contribution in [0.1, 0.15) is 25.8 Å². The molecule has 0 aliphatic rings. The molecule has 0 saturated carbocycles. The van der Waals surface area contributed by atoms with E-state index in [1.165, 1.54) is 18.3 Å². The number of benzene rings is 1. The maximum absolute atomic E-state index is 11.2. The highest BCUT2D eigenvalue weighted by molar-refractivity contribution is 5.84. The Morgan fingerprint density at radius 1 is 1.45 bits per heavy atom. The number of nitro benzene ring substituents is 1. The average Bonchev–Trinajstić information content (AvgIpc) is 2.45. The van der Waals surface area contributed by atoms with Crippen molar-refractivity contribution < 1.29 is 19.2 Å². The predicted octanol–water partition coefficient (Wildman–Crippen LogP) is 1.78. The summed E-state index contributed by atoms with van der Waals surface area (Å²) in [5, 5.41) is 14.8. The topological polar surface area (TPSA) is 129 Å². The number of nitro groups is 1. The monoisotopic (exact) mass is 310 g/mol. The van der Waals surface area contributed by atoms with Gasteiger partial charge < -0.3 is 15.2 Å². The van der Waals surface area contributed by atoms with Crippen molar-refractivity contribution in [2.45, 2.75) is 20.3 Å². The number of nitrogens with one attached hydrogen (secondary N) is 1. The van der Waals surface area contributed by atoms with Crippen LogP contribution in [-0.4, -0.2) is 30.4 Å². The number of carbonyl (C=O) groups excluding carboxylic acids is 1. The number of nitrogens with two attached hydrogens (primary N) is 1. The molecule has 1 aromatic rings. The van der Waals surface area contributed by atoms with E-state index in [0.717, 1.165) is 0 Å². The van der Waals surface area contributed by atoms with Crippen molar-refractivity contribution in [1.82, 2.24) is 5.43 Å². The van der Waals surface area contributed by atoms with E-state index in [0.29, 0.717) is 25.2 Å². The van der Waals surface area contributed by atoms with Gasteiger partial charge in [-0.05, 0) is 19.4 Å². The number of amides is 2. The lowest BCUT2D eigenvalue weighted by molar-refractivity contribution is -0.386. The Bertz CT molecular complexity index is 574. The molecule has 3 N–H and O–H groups in total. The fourth-order valence-electron chi connectivity index (χ4n) is 1.60. The zero-order valence-corrected chi connectivity index (χ0v) is 12.4. The second-order valence-electron chi connectivity index (χ2n) is 4.14. The van der Waals surface area contributed by atoms with E-state index in [1.807, 2.05) is 12.3 Å². The van der Waals surface area contributed by atoms with E-state index in [2.05, 4.69) is 5.10 Å². The van der Waals surface area contributed by atoms with Crippen LogP contribution in [-0.2, 0) is 0 Å². The van der Waals surface area contributed by atoms with Gasteiger partial charge in [0, 0.05) is 11.6 Å². The summed E-state index contributed by atoms with van der Waals surface area (Å²) in [5.74, 6) is 0.319. The fourth-order valence-corrected chi connectivity index (χ4v) is 1.60. The lowest BCUT2D eigenvalue weighted by Crippen LogP contribution is -2.24. The zero-order chi connectivity index (χ0) is 16.5. The van der Waals surface area contributed by atoms with Crippen molar-refractivity contribution in [3.05, 3.63) is 27.8 Å². The molecule has 0 aliphatic heterocycles. The van der Waals surface area contributed by atoms with Crippen molar-refractivity contribution in [2.24, 2.45) is 10.8 Å². The van der Waals surface area contributed by atoms with Crippen LogP contribution < -0.4 is 20.6 Å². The number of hydrogen-bond donors (Lipinski definition) is 2. The Balaban J connectivity index is 3.23. The standard InChI is InChI=1S/C13H18N4O5/c1-3-5-22-12-10(17(19)20)6-9(7-11(12)21-4-2)8-15-16-13(14)18/h6-8H,3-5H2,1-2H3,(H3,14,16,18)/b15-8-. The number of hydrogen-bond acceptors (Lipinski definition) is 6. The smallest absolute Gasteiger partial charge is 0.332 e. The highest BCUT2D eigenvalue weighted by Gasteiger charge is 2.22. The lowest BCUT2D eigenvalue weighted by atomic mass is 10.2. The summed E-state index contributed by atoms with van der Waals surface area (Å²) in [4.78, 5) is 21.2. The Morgan fingerprint density at radius 3 is 2.73 bits per heavy atom. The average molecular weight is 310 g/mol. The number of ether oxygens (including phenoxy) is 2. The number of hydrazone groups is 1. The molecule has 9 heteroatoms. The molecule has 22 heavy (non-hydrogen) atoms. The molecule has 120 valence electrons. The van der Waals surface area contributed by atoms with E-state index >= 15 is 0 Å². The molecule has 0 saturated heterocycles. The molecule has 0 bridgehead atoms. The molecular weight excluding hydrogens is 292 g/mol. The molecule has 0 unspecified atom stereocenters. The van der Waals surface area contributed by atoms with Gasteiger partial charge in [0.2, 0.25) is 5.75 Å². The molecule has 0 heterocycles. The molecule has 0 radical (unpaired) electrons. The number of primary amides is 1. The van der Waals surface area contributed by atoms with Gasteiger partial charge in [0.15, 0.2) is 5.75 Å². The Kier molecular flexibility index (Phi) is 6.61. The van der Waals surface area contributed by atoms with Crippen LogP contribution in [0, 0.1) is 10.1 Å². The van der Waals surface area contributed by atoms with Gasteiger partial charge in [0.25, 0.3) is 0 Å². The highest BCUT2D eigenvalue weighted by atomic mass is 16.6. The fraction of sp³-hybridized carbons (Fsp3) is 0.385. The third-order valence-electron chi connectivity index (χ3n) is 2.39. The first-order valence-electron chi connectivity index (χ1n) is 6.66. The number of nitrogens with zero attached hydrogens (tertiary/aromatic N) is 2. The van der Waals surface area contributed by atoms with Crippen molar-refractivity contribution in [1.29, 1.82) is 0 Å². The van der Waals surface area contributed by atoms with Crippen molar-refractivity contribution in [3.8, 4) is 11.5 Å². The van der Waals surface area contributed by atoms with E-state index in [1.54, 1.807) is 6.92 Å². The second-order valence-corrected chi connectivity index (χ2v) is 4.14. The van der Waals surface area contributed by atoms with Crippen LogP contribution in [0.4, 0.5) is 10.5 Å². The molecule has 1 aromatic carbocycles. The minimum Gasteiger partial charge on any atom is -0.490 e. The molecular formula is C13H18N4O5. The summed E-state index contributed by atoms with van der Waals surface area (Å²) in [6, 6.07) is 1.98. The molecule has 0 aliphatic carbocycles. The molecule has 2 amide bonds. The van der Waals surface area contributed by atoms with Gasteiger partial charge in [-0.2, -0.15) is 5.10 Å². The summed E-state index contributed by atoms with van der Waals surface area (Å²) in [5.41, 5.74) is 7.02. The zero-order valence-electron chi connectivity index (χ0n) is 12.4. The Morgan fingerprint density at radius 2 is 2.18 bits per heavy atom. The van der Waals surface area contributed by atoms with E-state index in [4.69, 9.17) is 15.2 Å². The Hall–Kier alpha value is -2.84. The first-order valence-corrected chi connectivity index (χ1v) is 6.66. The largest absolute Gasteiger partial charge is 0.490 e. The van der Waals surface area contributed by atoms with Crippen LogP contribution in [0.15, 0.2) is 17.2 Å².